The van der Waals surface area contributed by atoms with Gasteiger partial charge in [0.05, 0.1) is 10.5 Å². The van der Waals surface area contributed by atoms with Crippen molar-refractivity contribution in [2.24, 2.45) is 0 Å². The molecule has 0 spiro atoms. The van der Waals surface area contributed by atoms with Crippen LogP contribution in [0.15, 0.2) is 34.7 Å². The van der Waals surface area contributed by atoms with Crippen LogP contribution in [0.3, 0.4) is 0 Å². The number of nitrogens with zero attached hydrogens (tertiary/aromatic N) is 1. The third-order valence-electron chi connectivity index (χ3n) is 2.28. The van der Waals surface area contributed by atoms with E-state index in [9.17, 15) is 17.6 Å². The molecule has 0 fully saturated rings. The SMILES string of the molecule is CC(=O)c1ccc(S(=O)(=O)Nc2nccs2)cc1F. The molecule has 0 radical (unpaired) electrons. The van der Waals surface area contributed by atoms with E-state index < -0.39 is 21.6 Å². The first kappa shape index (κ1) is 13.6. The normalized spacial score (nSPS) is 11.3. The minimum Gasteiger partial charge on any atom is -0.294 e. The van der Waals surface area contributed by atoms with Crippen molar-refractivity contribution in [2.75, 3.05) is 4.72 Å². The van der Waals surface area contributed by atoms with Crippen LogP contribution in [-0.2, 0) is 10.0 Å². The molecule has 0 aliphatic heterocycles. The quantitative estimate of drug-likeness (QED) is 0.879. The smallest absolute Gasteiger partial charge is 0.263 e. The van der Waals surface area contributed by atoms with Gasteiger partial charge >= 0.3 is 0 Å². The number of benzene rings is 1. The fraction of sp³-hybridized carbons (Fsp3) is 0.0909. The van der Waals surface area contributed by atoms with E-state index in [0.29, 0.717) is 0 Å². The van der Waals surface area contributed by atoms with Crippen molar-refractivity contribution >= 4 is 32.3 Å². The number of halogens is 1. The van der Waals surface area contributed by atoms with Crippen LogP contribution in [0.25, 0.3) is 0 Å². The van der Waals surface area contributed by atoms with Crippen LogP contribution in [0.2, 0.25) is 0 Å². The first-order chi connectivity index (χ1) is 8.90. The monoisotopic (exact) mass is 300 g/mol. The average Bonchev–Trinajstić information content (AvgIpc) is 2.80. The van der Waals surface area contributed by atoms with E-state index in [-0.39, 0.29) is 15.6 Å². The van der Waals surface area contributed by atoms with Crippen molar-refractivity contribution in [3.05, 3.63) is 41.2 Å². The van der Waals surface area contributed by atoms with E-state index in [0.717, 1.165) is 23.5 Å². The second-order valence-electron chi connectivity index (χ2n) is 3.64. The van der Waals surface area contributed by atoms with Crippen LogP contribution in [-0.4, -0.2) is 19.2 Å². The molecule has 1 N–H and O–H groups in total. The van der Waals surface area contributed by atoms with Crippen molar-refractivity contribution in [2.45, 2.75) is 11.8 Å². The summed E-state index contributed by atoms with van der Waals surface area (Å²) in [6, 6.07) is 3.14. The van der Waals surface area contributed by atoms with Crippen LogP contribution in [0.5, 0.6) is 0 Å². The first-order valence-corrected chi connectivity index (χ1v) is 7.49. The largest absolute Gasteiger partial charge is 0.294 e. The topological polar surface area (TPSA) is 76.1 Å². The zero-order valence-electron chi connectivity index (χ0n) is 9.75. The third kappa shape index (κ3) is 2.96. The van der Waals surface area contributed by atoms with Gasteiger partial charge < -0.3 is 0 Å². The number of Topliss-reactive ketones (excluding diaryl/α,β-unsaturated/α-hetero) is 1. The number of hydrogen-bond acceptors (Lipinski definition) is 5. The molecule has 0 unspecified atom stereocenters. The van der Waals surface area contributed by atoms with Crippen LogP contribution in [0.4, 0.5) is 9.52 Å². The van der Waals surface area contributed by atoms with E-state index in [1.807, 2.05) is 0 Å². The fourth-order valence-electron chi connectivity index (χ4n) is 1.40. The molecular formula is C11H9FN2O3S2. The van der Waals surface area contributed by atoms with Gasteiger partial charge in [0.15, 0.2) is 10.9 Å². The van der Waals surface area contributed by atoms with E-state index in [1.54, 1.807) is 5.38 Å². The summed E-state index contributed by atoms with van der Waals surface area (Å²) in [7, 11) is -3.90. The molecule has 5 nitrogen and oxygen atoms in total. The molecule has 1 aromatic heterocycles. The second-order valence-corrected chi connectivity index (χ2v) is 6.22. The minimum absolute atomic E-state index is 0.145. The van der Waals surface area contributed by atoms with E-state index in [2.05, 4.69) is 9.71 Å². The molecule has 0 bridgehead atoms. The zero-order chi connectivity index (χ0) is 14.0. The Morgan fingerprint density at radius 3 is 2.68 bits per heavy atom. The highest BCUT2D eigenvalue weighted by Gasteiger charge is 2.18. The predicted molar refractivity (Wildman–Crippen MR) is 69.3 cm³/mol. The Balaban J connectivity index is 2.36. The number of anilines is 1. The van der Waals surface area contributed by atoms with Crippen LogP contribution < -0.4 is 4.72 Å². The molecule has 0 aliphatic carbocycles. The van der Waals surface area contributed by atoms with Gasteiger partial charge in [-0.3, -0.25) is 9.52 Å². The lowest BCUT2D eigenvalue weighted by Crippen LogP contribution is -2.13. The van der Waals surface area contributed by atoms with Gasteiger partial charge in [0, 0.05) is 11.6 Å². The summed E-state index contributed by atoms with van der Waals surface area (Å²) in [5.74, 6) is -1.33. The summed E-state index contributed by atoms with van der Waals surface area (Å²) in [4.78, 5) is 14.6. The molecule has 0 atom stereocenters. The summed E-state index contributed by atoms with van der Waals surface area (Å²) in [5, 5.41) is 1.80. The average molecular weight is 300 g/mol. The lowest BCUT2D eigenvalue weighted by molar-refractivity contribution is 0.101. The highest BCUT2D eigenvalue weighted by Crippen LogP contribution is 2.20. The van der Waals surface area contributed by atoms with Crippen LogP contribution in [0, 0.1) is 5.82 Å². The number of nitrogens with one attached hydrogen (secondary N) is 1. The summed E-state index contributed by atoms with van der Waals surface area (Å²) < 4.78 is 39.7. The molecule has 0 amide bonds. The van der Waals surface area contributed by atoms with Crippen molar-refractivity contribution in [3.63, 3.8) is 0 Å². The number of rotatable bonds is 4. The minimum atomic E-state index is -3.90. The molecule has 0 saturated heterocycles. The maximum Gasteiger partial charge on any atom is 0.263 e. The van der Waals surface area contributed by atoms with Gasteiger partial charge in [0.1, 0.15) is 5.82 Å². The van der Waals surface area contributed by atoms with Crippen molar-refractivity contribution in [1.82, 2.24) is 4.98 Å². The molecule has 0 saturated carbocycles. The Morgan fingerprint density at radius 1 is 1.42 bits per heavy atom. The summed E-state index contributed by atoms with van der Waals surface area (Å²) in [6.07, 6.45) is 1.45. The van der Waals surface area contributed by atoms with Gasteiger partial charge in [0.2, 0.25) is 0 Å². The summed E-state index contributed by atoms with van der Waals surface area (Å²) in [5.41, 5.74) is -0.145. The number of ketones is 1. The zero-order valence-corrected chi connectivity index (χ0v) is 11.4. The number of carbonyl (C=O) groups excluding carboxylic acids is 1. The number of thiazole rings is 1. The van der Waals surface area contributed by atoms with Crippen molar-refractivity contribution < 1.29 is 17.6 Å². The Labute approximate surface area is 113 Å². The molecule has 2 aromatic rings. The number of hydrogen-bond donors (Lipinski definition) is 1. The number of aromatic nitrogens is 1. The van der Waals surface area contributed by atoms with E-state index in [1.165, 1.54) is 19.2 Å². The van der Waals surface area contributed by atoms with E-state index in [4.69, 9.17) is 0 Å². The molecule has 0 aliphatic rings. The van der Waals surface area contributed by atoms with Gasteiger partial charge in [0.25, 0.3) is 10.0 Å². The van der Waals surface area contributed by atoms with Crippen molar-refractivity contribution in [3.8, 4) is 0 Å². The first-order valence-electron chi connectivity index (χ1n) is 5.13. The highest BCUT2D eigenvalue weighted by atomic mass is 32.2. The van der Waals surface area contributed by atoms with Gasteiger partial charge in [-0.15, -0.1) is 11.3 Å². The summed E-state index contributed by atoms with van der Waals surface area (Å²) >= 11 is 1.11. The number of sulfonamides is 1. The van der Waals surface area contributed by atoms with Crippen LogP contribution in [0.1, 0.15) is 17.3 Å². The molecule has 2 rings (SSSR count). The Bertz CT molecular complexity index is 712. The second kappa shape index (κ2) is 5.06. The van der Waals surface area contributed by atoms with Gasteiger partial charge in [-0.2, -0.15) is 0 Å². The standard InChI is InChI=1S/C11H9FN2O3S2/c1-7(15)9-3-2-8(6-10(9)12)19(16,17)14-11-13-4-5-18-11/h2-6H,1H3,(H,13,14). The Morgan fingerprint density at radius 2 is 2.16 bits per heavy atom. The van der Waals surface area contributed by atoms with Gasteiger partial charge in [-0.05, 0) is 25.1 Å². The van der Waals surface area contributed by atoms with Crippen LogP contribution >= 0.6 is 11.3 Å². The molecule has 19 heavy (non-hydrogen) atoms. The maximum atomic E-state index is 13.6. The molecule has 1 aromatic carbocycles. The van der Waals surface area contributed by atoms with Gasteiger partial charge in [-0.1, -0.05) is 0 Å². The summed E-state index contributed by atoms with van der Waals surface area (Å²) in [6.45, 7) is 1.21. The fourth-order valence-corrected chi connectivity index (χ4v) is 3.20. The lowest BCUT2D eigenvalue weighted by Gasteiger charge is -2.06. The van der Waals surface area contributed by atoms with Gasteiger partial charge in [-0.25, -0.2) is 17.8 Å². The van der Waals surface area contributed by atoms with Crippen molar-refractivity contribution in [1.29, 1.82) is 0 Å². The molecular weight excluding hydrogens is 291 g/mol. The molecule has 100 valence electrons. The maximum absolute atomic E-state index is 13.6. The molecule has 8 heteroatoms. The van der Waals surface area contributed by atoms with E-state index >= 15 is 0 Å². The number of carbonyl (C=O) groups is 1. The Kier molecular flexibility index (Phi) is 3.63. The third-order valence-corrected chi connectivity index (χ3v) is 4.44. The highest BCUT2D eigenvalue weighted by molar-refractivity contribution is 7.93. The lowest BCUT2D eigenvalue weighted by atomic mass is 10.1. The predicted octanol–water partition coefficient (Wildman–Crippen LogP) is 2.29. The Hall–Kier alpha value is -1.80. The molecule has 1 heterocycles.